The second-order valence-corrected chi connectivity index (χ2v) is 6.69. The summed E-state index contributed by atoms with van der Waals surface area (Å²) in [6, 6.07) is 1.40. The van der Waals surface area contributed by atoms with Gasteiger partial charge in [0.25, 0.3) is 0 Å². The summed E-state index contributed by atoms with van der Waals surface area (Å²) in [6.07, 6.45) is 9.16. The summed E-state index contributed by atoms with van der Waals surface area (Å²) in [5, 5.41) is 2.52. The van der Waals surface area contributed by atoms with Crippen molar-refractivity contribution in [1.82, 2.24) is 10.4 Å². The minimum absolute atomic E-state index is 0.700. The third-order valence-electron chi connectivity index (χ3n) is 4.64. The van der Waals surface area contributed by atoms with Crippen molar-refractivity contribution in [3.05, 3.63) is 11.6 Å². The van der Waals surface area contributed by atoms with Crippen molar-refractivity contribution in [2.45, 2.75) is 71.9 Å². The Hall–Kier alpha value is -0.340. The van der Waals surface area contributed by atoms with E-state index in [0.717, 1.165) is 18.4 Å². The maximum Gasteiger partial charge on any atom is 0.0218 e. The van der Waals surface area contributed by atoms with Gasteiger partial charge in [-0.2, -0.15) is 0 Å². The Morgan fingerprint density at radius 1 is 1.22 bits per heavy atom. The van der Waals surface area contributed by atoms with E-state index in [0.29, 0.717) is 12.1 Å². The molecule has 0 radical (unpaired) electrons. The van der Waals surface area contributed by atoms with Crippen LogP contribution in [0.25, 0.3) is 0 Å². The van der Waals surface area contributed by atoms with E-state index < -0.39 is 0 Å². The molecule has 2 aliphatic rings. The molecule has 2 heteroatoms. The quantitative estimate of drug-likeness (QED) is 0.768. The summed E-state index contributed by atoms with van der Waals surface area (Å²) in [4.78, 5) is 0. The van der Waals surface area contributed by atoms with Crippen LogP contribution in [0, 0.1) is 11.8 Å². The highest BCUT2D eigenvalue weighted by Crippen LogP contribution is 2.28. The molecule has 1 fully saturated rings. The van der Waals surface area contributed by atoms with Crippen LogP contribution in [0.4, 0.5) is 0 Å². The Bertz CT molecular complexity index is 287. The first-order valence-electron chi connectivity index (χ1n) is 7.75. The molecule has 4 unspecified atom stereocenters. The van der Waals surface area contributed by atoms with Crippen LogP contribution in [0.2, 0.25) is 0 Å². The van der Waals surface area contributed by atoms with Crippen molar-refractivity contribution in [1.29, 1.82) is 0 Å². The lowest BCUT2D eigenvalue weighted by Crippen LogP contribution is -2.53. The number of nitrogens with zero attached hydrogens (tertiary/aromatic N) is 1. The van der Waals surface area contributed by atoms with Crippen LogP contribution in [0.15, 0.2) is 11.6 Å². The van der Waals surface area contributed by atoms with Gasteiger partial charge in [-0.1, -0.05) is 25.0 Å². The Labute approximate surface area is 113 Å². The van der Waals surface area contributed by atoms with Gasteiger partial charge in [0, 0.05) is 18.6 Å². The van der Waals surface area contributed by atoms with E-state index in [4.69, 9.17) is 0 Å². The molecule has 104 valence electrons. The van der Waals surface area contributed by atoms with E-state index in [-0.39, 0.29) is 0 Å². The first-order chi connectivity index (χ1) is 8.56. The van der Waals surface area contributed by atoms with Gasteiger partial charge in [-0.25, -0.2) is 5.01 Å². The van der Waals surface area contributed by atoms with Gasteiger partial charge < -0.3 is 0 Å². The SMILES string of the molecule is CC1=CC(C)CC(CNN2C(C)CCCC2C)C1. The molecule has 2 nitrogen and oxygen atoms in total. The number of piperidine rings is 1. The fraction of sp³-hybridized carbons (Fsp3) is 0.875. The van der Waals surface area contributed by atoms with Gasteiger partial charge in [-0.3, -0.25) is 5.43 Å². The molecule has 0 saturated carbocycles. The smallest absolute Gasteiger partial charge is 0.0218 e. The van der Waals surface area contributed by atoms with Crippen molar-refractivity contribution < 1.29 is 0 Å². The highest BCUT2D eigenvalue weighted by atomic mass is 15.5. The van der Waals surface area contributed by atoms with Gasteiger partial charge in [0.2, 0.25) is 0 Å². The number of nitrogens with one attached hydrogen (secondary N) is 1. The number of hydrogen-bond donors (Lipinski definition) is 1. The van der Waals surface area contributed by atoms with Crippen LogP contribution in [-0.4, -0.2) is 23.6 Å². The number of hydrazine groups is 1. The number of hydrogen-bond acceptors (Lipinski definition) is 2. The fourth-order valence-corrected chi connectivity index (χ4v) is 3.81. The molecule has 2 rings (SSSR count). The Morgan fingerprint density at radius 2 is 1.89 bits per heavy atom. The summed E-state index contributed by atoms with van der Waals surface area (Å²) < 4.78 is 0. The van der Waals surface area contributed by atoms with Crippen molar-refractivity contribution in [3.63, 3.8) is 0 Å². The van der Waals surface area contributed by atoms with Gasteiger partial charge in [0.05, 0.1) is 0 Å². The lowest BCUT2D eigenvalue weighted by molar-refractivity contribution is 0.0390. The second kappa shape index (κ2) is 6.21. The molecular weight excluding hydrogens is 220 g/mol. The van der Waals surface area contributed by atoms with E-state index in [1.807, 2.05) is 0 Å². The minimum Gasteiger partial charge on any atom is -0.254 e. The molecule has 0 spiro atoms. The van der Waals surface area contributed by atoms with Crippen LogP contribution < -0.4 is 5.43 Å². The molecule has 0 aromatic carbocycles. The van der Waals surface area contributed by atoms with Gasteiger partial charge in [0.15, 0.2) is 0 Å². The third-order valence-corrected chi connectivity index (χ3v) is 4.64. The van der Waals surface area contributed by atoms with Crippen molar-refractivity contribution in [2.24, 2.45) is 11.8 Å². The standard InChI is InChI=1S/C16H30N2/c1-12-8-13(2)10-16(9-12)11-17-18-14(3)6-5-7-15(18)4/h8,12,14-17H,5-7,9-11H2,1-4H3. The Balaban J connectivity index is 1.82. The molecule has 1 N–H and O–H groups in total. The lowest BCUT2D eigenvalue weighted by atomic mass is 9.84. The molecule has 1 saturated heterocycles. The van der Waals surface area contributed by atoms with Gasteiger partial charge in [-0.05, 0) is 58.3 Å². The van der Waals surface area contributed by atoms with Gasteiger partial charge in [-0.15, -0.1) is 0 Å². The summed E-state index contributed by atoms with van der Waals surface area (Å²) in [6.45, 7) is 10.5. The second-order valence-electron chi connectivity index (χ2n) is 6.69. The molecular formula is C16H30N2. The molecule has 1 heterocycles. The largest absolute Gasteiger partial charge is 0.254 e. The zero-order valence-electron chi connectivity index (χ0n) is 12.6. The number of allylic oxidation sites excluding steroid dienone is 2. The molecule has 4 atom stereocenters. The highest BCUT2D eigenvalue weighted by molar-refractivity contribution is 5.06. The van der Waals surface area contributed by atoms with Gasteiger partial charge >= 0.3 is 0 Å². The molecule has 1 aliphatic carbocycles. The van der Waals surface area contributed by atoms with Crippen molar-refractivity contribution >= 4 is 0 Å². The first kappa shape index (κ1) is 14.1. The van der Waals surface area contributed by atoms with E-state index in [1.165, 1.54) is 32.1 Å². The highest BCUT2D eigenvalue weighted by Gasteiger charge is 2.26. The molecule has 0 aromatic heterocycles. The predicted octanol–water partition coefficient (Wildman–Crippen LogP) is 3.75. The lowest BCUT2D eigenvalue weighted by Gasteiger charge is -2.40. The normalized spacial score (nSPS) is 38.6. The van der Waals surface area contributed by atoms with Crippen molar-refractivity contribution in [2.75, 3.05) is 6.54 Å². The summed E-state index contributed by atoms with van der Waals surface area (Å²) in [7, 11) is 0. The predicted molar refractivity (Wildman–Crippen MR) is 78.3 cm³/mol. The Morgan fingerprint density at radius 3 is 2.50 bits per heavy atom. The monoisotopic (exact) mass is 250 g/mol. The zero-order valence-corrected chi connectivity index (χ0v) is 12.6. The van der Waals surface area contributed by atoms with Crippen LogP contribution in [0.5, 0.6) is 0 Å². The Kier molecular flexibility index (Phi) is 4.85. The first-order valence-corrected chi connectivity index (χ1v) is 7.75. The maximum absolute atomic E-state index is 3.74. The van der Waals surface area contributed by atoms with Crippen molar-refractivity contribution in [3.8, 4) is 0 Å². The van der Waals surface area contributed by atoms with E-state index in [9.17, 15) is 0 Å². The summed E-state index contributed by atoms with van der Waals surface area (Å²) in [5.41, 5.74) is 5.32. The minimum atomic E-state index is 0.700. The summed E-state index contributed by atoms with van der Waals surface area (Å²) >= 11 is 0. The fourth-order valence-electron chi connectivity index (χ4n) is 3.81. The average Bonchev–Trinajstić information content (AvgIpc) is 2.27. The molecule has 18 heavy (non-hydrogen) atoms. The van der Waals surface area contributed by atoms with Crippen LogP contribution >= 0.6 is 0 Å². The van der Waals surface area contributed by atoms with E-state index in [2.05, 4.69) is 44.2 Å². The molecule has 1 aliphatic heterocycles. The van der Waals surface area contributed by atoms with Gasteiger partial charge in [0.1, 0.15) is 0 Å². The van der Waals surface area contributed by atoms with Crippen LogP contribution in [0.3, 0.4) is 0 Å². The van der Waals surface area contributed by atoms with Crippen LogP contribution in [0.1, 0.15) is 59.8 Å². The third kappa shape index (κ3) is 3.58. The van der Waals surface area contributed by atoms with E-state index >= 15 is 0 Å². The molecule has 0 bridgehead atoms. The maximum atomic E-state index is 3.74. The molecule has 0 amide bonds. The topological polar surface area (TPSA) is 15.3 Å². The number of rotatable bonds is 3. The zero-order chi connectivity index (χ0) is 13.1. The summed E-state index contributed by atoms with van der Waals surface area (Å²) in [5.74, 6) is 1.59. The molecule has 0 aromatic rings. The average molecular weight is 250 g/mol. The van der Waals surface area contributed by atoms with E-state index in [1.54, 1.807) is 5.57 Å². The van der Waals surface area contributed by atoms with Crippen LogP contribution in [-0.2, 0) is 0 Å².